The van der Waals surface area contributed by atoms with Gasteiger partial charge in [-0.05, 0) is 64.0 Å². The van der Waals surface area contributed by atoms with Gasteiger partial charge in [0, 0.05) is 38.3 Å². The molecule has 1 amide bonds. The summed E-state index contributed by atoms with van der Waals surface area (Å²) in [5.74, 6) is -0.130. The van der Waals surface area contributed by atoms with E-state index in [1.165, 1.54) is 41.3 Å². The number of ether oxygens (including phenoxy) is 2. The highest BCUT2D eigenvalue weighted by molar-refractivity contribution is 8.18. The molecular formula is C35H29F6N3O3S. The van der Waals surface area contributed by atoms with E-state index in [1.54, 1.807) is 18.2 Å². The molecule has 0 radical (unpaired) electrons. The van der Waals surface area contributed by atoms with Crippen molar-refractivity contribution >= 4 is 39.7 Å². The average Bonchev–Trinajstić information content (AvgIpc) is 3.43. The third kappa shape index (κ3) is 7.47. The number of halogens is 6. The Morgan fingerprint density at radius 1 is 0.833 bits per heavy atom. The van der Waals surface area contributed by atoms with E-state index >= 15 is 0 Å². The molecule has 2 aliphatic heterocycles. The van der Waals surface area contributed by atoms with Gasteiger partial charge in [-0.2, -0.15) is 31.3 Å². The number of methoxy groups -OCH3 is 1. The van der Waals surface area contributed by atoms with Crippen molar-refractivity contribution in [2.75, 3.05) is 33.3 Å². The van der Waals surface area contributed by atoms with E-state index in [0.29, 0.717) is 34.8 Å². The number of nitrogens with zero attached hydrogens (tertiary/aromatic N) is 3. The predicted molar refractivity (Wildman–Crippen MR) is 173 cm³/mol. The second-order valence-corrected chi connectivity index (χ2v) is 12.3. The fraction of sp³-hybridized carbons (Fsp3) is 0.257. The van der Waals surface area contributed by atoms with Gasteiger partial charge in [-0.3, -0.25) is 9.69 Å². The maximum Gasteiger partial charge on any atom is 0.416 e. The maximum absolute atomic E-state index is 13.6. The van der Waals surface area contributed by atoms with Crippen LogP contribution in [0.1, 0.15) is 27.8 Å². The summed E-state index contributed by atoms with van der Waals surface area (Å²) in [4.78, 5) is 22.0. The Labute approximate surface area is 276 Å². The van der Waals surface area contributed by atoms with E-state index in [1.807, 2.05) is 12.1 Å². The largest absolute Gasteiger partial charge is 0.493 e. The molecule has 0 bridgehead atoms. The van der Waals surface area contributed by atoms with Crippen molar-refractivity contribution < 1.29 is 40.6 Å². The van der Waals surface area contributed by atoms with Gasteiger partial charge in [0.15, 0.2) is 16.7 Å². The number of fused-ring (bicyclic) bond motifs is 1. The van der Waals surface area contributed by atoms with E-state index in [4.69, 9.17) is 9.47 Å². The van der Waals surface area contributed by atoms with Crippen LogP contribution in [0.25, 0.3) is 16.8 Å². The first-order valence-electron chi connectivity index (χ1n) is 14.9. The molecule has 13 heteroatoms. The number of carbonyl (C=O) groups is 1. The first-order chi connectivity index (χ1) is 22.9. The maximum atomic E-state index is 13.6. The van der Waals surface area contributed by atoms with Crippen LogP contribution in [-0.4, -0.2) is 54.2 Å². The number of alkyl halides is 6. The molecule has 6 nitrogen and oxygen atoms in total. The standard InChI is InChI=1S/C35H29F6N3O3S/c1-46-30-17-22(9-12-29(30)47-21-25-10-11-26(34(36,37)38)19-28(25)35(39,40)41)18-31-32(45)42-33(48-31)44-15-13-43(14-16-44)20-24-7-4-6-23-5-2-3-8-27(23)24/h2-12,17-19H,13-16,20-21H2,1H3/b31-18+. The van der Waals surface area contributed by atoms with Gasteiger partial charge in [0.2, 0.25) is 0 Å². The van der Waals surface area contributed by atoms with Crippen molar-refractivity contribution in [2.45, 2.75) is 25.5 Å². The molecule has 250 valence electrons. The topological polar surface area (TPSA) is 54.4 Å². The molecule has 0 aromatic heterocycles. The molecule has 0 N–H and O–H groups in total. The van der Waals surface area contributed by atoms with E-state index in [2.05, 4.69) is 45.1 Å². The number of benzene rings is 4. The van der Waals surface area contributed by atoms with Crippen molar-refractivity contribution in [3.8, 4) is 11.5 Å². The van der Waals surface area contributed by atoms with Gasteiger partial charge in [0.05, 0.1) is 23.1 Å². The van der Waals surface area contributed by atoms with E-state index < -0.39 is 35.6 Å². The number of amidine groups is 1. The molecule has 1 fully saturated rings. The van der Waals surface area contributed by atoms with Gasteiger partial charge in [-0.1, -0.05) is 54.6 Å². The van der Waals surface area contributed by atoms with Crippen LogP contribution in [0.15, 0.2) is 88.8 Å². The molecule has 0 saturated carbocycles. The van der Waals surface area contributed by atoms with Crippen LogP contribution < -0.4 is 9.47 Å². The lowest BCUT2D eigenvalue weighted by atomic mass is 10.0. The molecule has 6 rings (SSSR count). The number of hydrogen-bond acceptors (Lipinski definition) is 6. The molecule has 1 saturated heterocycles. The van der Waals surface area contributed by atoms with Crippen molar-refractivity contribution in [3.63, 3.8) is 0 Å². The lowest BCUT2D eigenvalue weighted by Crippen LogP contribution is -2.47. The zero-order valence-electron chi connectivity index (χ0n) is 25.6. The minimum atomic E-state index is -5.02. The van der Waals surface area contributed by atoms with Gasteiger partial charge in [-0.15, -0.1) is 0 Å². The predicted octanol–water partition coefficient (Wildman–Crippen LogP) is 8.25. The highest BCUT2D eigenvalue weighted by Gasteiger charge is 2.38. The summed E-state index contributed by atoms with van der Waals surface area (Å²) in [5, 5.41) is 3.07. The third-order valence-electron chi connectivity index (χ3n) is 8.14. The summed E-state index contributed by atoms with van der Waals surface area (Å²) in [5.41, 5.74) is -1.46. The van der Waals surface area contributed by atoms with Gasteiger partial charge in [-0.25, -0.2) is 0 Å². The number of piperazine rings is 1. The molecule has 4 aromatic carbocycles. The SMILES string of the molecule is COc1cc(/C=C2/SC(N3CCN(Cc4cccc5ccccc45)CC3)=NC2=O)ccc1OCc1ccc(C(F)(F)F)cc1C(F)(F)F. The average molecular weight is 686 g/mol. The molecule has 48 heavy (non-hydrogen) atoms. The number of carbonyl (C=O) groups excluding carboxylic acids is 1. The monoisotopic (exact) mass is 685 g/mol. The smallest absolute Gasteiger partial charge is 0.416 e. The summed E-state index contributed by atoms with van der Waals surface area (Å²) in [6.07, 6.45) is -8.30. The lowest BCUT2D eigenvalue weighted by Gasteiger charge is -2.35. The fourth-order valence-electron chi connectivity index (χ4n) is 5.64. The molecular weight excluding hydrogens is 656 g/mol. The van der Waals surface area contributed by atoms with Gasteiger partial charge < -0.3 is 14.4 Å². The van der Waals surface area contributed by atoms with E-state index in [9.17, 15) is 31.1 Å². The highest BCUT2D eigenvalue weighted by atomic mass is 32.2. The highest BCUT2D eigenvalue weighted by Crippen LogP contribution is 2.39. The molecule has 4 aromatic rings. The molecule has 2 aliphatic rings. The van der Waals surface area contributed by atoms with E-state index in [-0.39, 0.29) is 23.5 Å². The van der Waals surface area contributed by atoms with Gasteiger partial charge in [0.1, 0.15) is 6.61 Å². The summed E-state index contributed by atoms with van der Waals surface area (Å²) in [7, 11) is 1.34. The fourth-order valence-corrected chi connectivity index (χ4v) is 6.61. The van der Waals surface area contributed by atoms with Crippen LogP contribution in [0.4, 0.5) is 26.3 Å². The van der Waals surface area contributed by atoms with Crippen molar-refractivity contribution in [3.05, 3.63) is 112 Å². The van der Waals surface area contributed by atoms with Crippen molar-refractivity contribution in [2.24, 2.45) is 4.99 Å². The summed E-state index contributed by atoms with van der Waals surface area (Å²) in [6.45, 7) is 3.23. The van der Waals surface area contributed by atoms with Crippen LogP contribution in [0, 0.1) is 0 Å². The van der Waals surface area contributed by atoms with Crippen LogP contribution in [0.2, 0.25) is 0 Å². The first-order valence-corrected chi connectivity index (χ1v) is 15.8. The normalized spacial score (nSPS) is 16.9. The number of hydrogen-bond donors (Lipinski definition) is 0. The zero-order chi connectivity index (χ0) is 34.1. The number of rotatable bonds is 7. The van der Waals surface area contributed by atoms with E-state index in [0.717, 1.165) is 25.7 Å². The number of thioether (sulfide) groups is 1. The minimum Gasteiger partial charge on any atom is -0.493 e. The summed E-state index contributed by atoms with van der Waals surface area (Å²) >= 11 is 1.27. The second kappa shape index (κ2) is 13.6. The van der Waals surface area contributed by atoms with Crippen LogP contribution in [0.5, 0.6) is 11.5 Å². The number of amides is 1. The molecule has 0 atom stereocenters. The quantitative estimate of drug-likeness (QED) is 0.144. The van der Waals surface area contributed by atoms with Gasteiger partial charge in [0.25, 0.3) is 5.91 Å². The third-order valence-corrected chi connectivity index (χ3v) is 9.18. The lowest BCUT2D eigenvalue weighted by molar-refractivity contribution is -0.143. The zero-order valence-corrected chi connectivity index (χ0v) is 26.4. The van der Waals surface area contributed by atoms with Crippen LogP contribution >= 0.6 is 11.8 Å². The van der Waals surface area contributed by atoms with Crippen molar-refractivity contribution in [1.29, 1.82) is 0 Å². The Kier molecular flexibility index (Phi) is 9.44. The number of aliphatic imine (C=N–C) groups is 1. The Morgan fingerprint density at radius 3 is 2.31 bits per heavy atom. The Morgan fingerprint density at radius 2 is 1.58 bits per heavy atom. The molecule has 0 aliphatic carbocycles. The van der Waals surface area contributed by atoms with Gasteiger partial charge >= 0.3 is 12.4 Å². The van der Waals surface area contributed by atoms with Crippen molar-refractivity contribution in [1.82, 2.24) is 9.80 Å². The van der Waals surface area contributed by atoms with Crippen LogP contribution in [-0.2, 0) is 30.3 Å². The molecule has 2 heterocycles. The molecule has 0 unspecified atom stereocenters. The Bertz CT molecular complexity index is 1890. The summed E-state index contributed by atoms with van der Waals surface area (Å²) in [6, 6.07) is 20.7. The Hall–Kier alpha value is -4.49. The molecule has 0 spiro atoms. The van der Waals surface area contributed by atoms with Crippen LogP contribution in [0.3, 0.4) is 0 Å². The minimum absolute atomic E-state index is 0.0735. The first kappa shape index (κ1) is 33.4. The second-order valence-electron chi connectivity index (χ2n) is 11.3. The summed E-state index contributed by atoms with van der Waals surface area (Å²) < 4.78 is 90.7. The Balaban J connectivity index is 1.08.